The lowest BCUT2D eigenvalue weighted by Crippen LogP contribution is -2.10. The van der Waals surface area contributed by atoms with Gasteiger partial charge in [0.2, 0.25) is 5.95 Å². The number of rotatable bonds is 8. The fourth-order valence-electron chi connectivity index (χ4n) is 2.79. The minimum Gasteiger partial charge on any atom is -0.496 e. The summed E-state index contributed by atoms with van der Waals surface area (Å²) in [6, 6.07) is 17.7. The van der Waals surface area contributed by atoms with Crippen molar-refractivity contribution < 1.29 is 4.74 Å². The van der Waals surface area contributed by atoms with Crippen LogP contribution in [0.3, 0.4) is 0 Å². The molecule has 0 aliphatic carbocycles. The zero-order valence-corrected chi connectivity index (χ0v) is 16.3. The molecule has 0 saturated carbocycles. The summed E-state index contributed by atoms with van der Waals surface area (Å²) in [6.07, 6.45) is 0.843. The van der Waals surface area contributed by atoms with Crippen LogP contribution in [0.1, 0.15) is 16.8 Å². The van der Waals surface area contributed by atoms with E-state index in [1.807, 2.05) is 55.5 Å². The van der Waals surface area contributed by atoms with E-state index in [1.165, 1.54) is 0 Å². The van der Waals surface area contributed by atoms with E-state index in [0.717, 1.165) is 46.4 Å². The number of methoxy groups -OCH3 is 1. The molecule has 1 aromatic heterocycles. The SMILES string of the molecule is COc1ccccc1CCNc1cc(C)nc(NCc2ccccc2Cl)n1. The number of benzene rings is 2. The smallest absolute Gasteiger partial charge is 0.225 e. The lowest BCUT2D eigenvalue weighted by molar-refractivity contribution is 0.410. The number of anilines is 2. The predicted octanol–water partition coefficient (Wildman–Crippen LogP) is 4.71. The fraction of sp³-hybridized carbons (Fsp3) is 0.238. The highest BCUT2D eigenvalue weighted by Crippen LogP contribution is 2.19. The quantitative estimate of drug-likeness (QED) is 0.590. The van der Waals surface area contributed by atoms with Crippen LogP contribution in [0, 0.1) is 6.92 Å². The summed E-state index contributed by atoms with van der Waals surface area (Å²) in [6.45, 7) is 3.28. The van der Waals surface area contributed by atoms with Crippen molar-refractivity contribution in [3.63, 3.8) is 0 Å². The summed E-state index contributed by atoms with van der Waals surface area (Å²) in [4.78, 5) is 8.99. The maximum atomic E-state index is 6.20. The Balaban J connectivity index is 1.60. The predicted molar refractivity (Wildman–Crippen MR) is 111 cm³/mol. The summed E-state index contributed by atoms with van der Waals surface area (Å²) in [5, 5.41) is 7.33. The van der Waals surface area contributed by atoms with Crippen molar-refractivity contribution >= 4 is 23.4 Å². The second kappa shape index (κ2) is 9.24. The van der Waals surface area contributed by atoms with Crippen LogP contribution in [0.25, 0.3) is 0 Å². The van der Waals surface area contributed by atoms with E-state index >= 15 is 0 Å². The first-order chi connectivity index (χ1) is 13.2. The van der Waals surface area contributed by atoms with Crippen LogP contribution in [0.15, 0.2) is 54.6 Å². The van der Waals surface area contributed by atoms with Crippen LogP contribution in [-0.2, 0) is 13.0 Å². The van der Waals surface area contributed by atoms with Gasteiger partial charge in [-0.25, -0.2) is 4.98 Å². The number of ether oxygens (including phenoxy) is 1. The molecule has 2 aromatic carbocycles. The summed E-state index contributed by atoms with van der Waals surface area (Å²) >= 11 is 6.20. The molecular weight excluding hydrogens is 360 g/mol. The molecule has 3 rings (SSSR count). The van der Waals surface area contributed by atoms with Crippen molar-refractivity contribution in [3.8, 4) is 5.75 Å². The van der Waals surface area contributed by atoms with Crippen LogP contribution in [0.2, 0.25) is 5.02 Å². The highest BCUT2D eigenvalue weighted by molar-refractivity contribution is 6.31. The Bertz CT molecular complexity index is 901. The number of hydrogen-bond donors (Lipinski definition) is 2. The monoisotopic (exact) mass is 382 g/mol. The van der Waals surface area contributed by atoms with Gasteiger partial charge >= 0.3 is 0 Å². The van der Waals surface area contributed by atoms with E-state index in [2.05, 4.69) is 26.7 Å². The molecule has 0 fully saturated rings. The van der Waals surface area contributed by atoms with Gasteiger partial charge in [0.05, 0.1) is 7.11 Å². The molecule has 0 bridgehead atoms. The highest BCUT2D eigenvalue weighted by Gasteiger charge is 2.05. The summed E-state index contributed by atoms with van der Waals surface area (Å²) < 4.78 is 5.40. The Labute approximate surface area is 164 Å². The first-order valence-corrected chi connectivity index (χ1v) is 9.22. The zero-order chi connectivity index (χ0) is 19.1. The largest absolute Gasteiger partial charge is 0.496 e. The molecule has 6 heteroatoms. The van der Waals surface area contributed by atoms with E-state index in [9.17, 15) is 0 Å². The van der Waals surface area contributed by atoms with Gasteiger partial charge in [-0.15, -0.1) is 0 Å². The maximum Gasteiger partial charge on any atom is 0.225 e. The molecule has 0 radical (unpaired) electrons. The first-order valence-electron chi connectivity index (χ1n) is 8.84. The Morgan fingerprint density at radius 2 is 1.70 bits per heavy atom. The van der Waals surface area contributed by atoms with Gasteiger partial charge in [-0.1, -0.05) is 48.0 Å². The van der Waals surface area contributed by atoms with Crippen molar-refractivity contribution in [2.45, 2.75) is 19.9 Å². The van der Waals surface area contributed by atoms with Gasteiger partial charge in [0.15, 0.2) is 0 Å². The Morgan fingerprint density at radius 3 is 2.48 bits per heavy atom. The molecule has 1 heterocycles. The van der Waals surface area contributed by atoms with Crippen LogP contribution >= 0.6 is 11.6 Å². The fourth-order valence-corrected chi connectivity index (χ4v) is 2.99. The molecule has 0 amide bonds. The summed E-state index contributed by atoms with van der Waals surface area (Å²) in [7, 11) is 1.69. The van der Waals surface area contributed by atoms with Crippen molar-refractivity contribution in [3.05, 3.63) is 76.4 Å². The lowest BCUT2D eigenvalue weighted by atomic mass is 10.1. The van der Waals surface area contributed by atoms with Gasteiger partial charge in [0, 0.05) is 29.9 Å². The van der Waals surface area contributed by atoms with Crippen molar-refractivity contribution in [2.75, 3.05) is 24.3 Å². The summed E-state index contributed by atoms with van der Waals surface area (Å²) in [5.74, 6) is 2.27. The number of aryl methyl sites for hydroxylation is 1. The third-order valence-electron chi connectivity index (χ3n) is 4.14. The van der Waals surface area contributed by atoms with Crippen LogP contribution in [-0.4, -0.2) is 23.6 Å². The Hall–Kier alpha value is -2.79. The molecule has 0 aliphatic heterocycles. The summed E-state index contributed by atoms with van der Waals surface area (Å²) in [5.41, 5.74) is 3.07. The van der Waals surface area contributed by atoms with Crippen LogP contribution in [0.4, 0.5) is 11.8 Å². The normalized spacial score (nSPS) is 10.5. The van der Waals surface area contributed by atoms with Crippen LogP contribution in [0.5, 0.6) is 5.75 Å². The lowest BCUT2D eigenvalue weighted by Gasteiger charge is -2.12. The van der Waals surface area contributed by atoms with Gasteiger partial charge < -0.3 is 15.4 Å². The van der Waals surface area contributed by atoms with Gasteiger partial charge in [0.25, 0.3) is 0 Å². The van der Waals surface area contributed by atoms with E-state index in [-0.39, 0.29) is 0 Å². The van der Waals surface area contributed by atoms with Gasteiger partial charge in [-0.2, -0.15) is 4.98 Å². The molecule has 5 nitrogen and oxygen atoms in total. The average molecular weight is 383 g/mol. The number of hydrogen-bond acceptors (Lipinski definition) is 5. The third-order valence-corrected chi connectivity index (χ3v) is 4.51. The molecule has 0 saturated heterocycles. The van der Waals surface area contributed by atoms with Crippen molar-refractivity contribution in [1.82, 2.24) is 9.97 Å². The standard InChI is InChI=1S/C21H23ClN4O/c1-15-13-20(23-12-11-16-7-4-6-10-19(16)27-2)26-21(25-15)24-14-17-8-3-5-9-18(17)22/h3-10,13H,11-12,14H2,1-2H3,(H2,23,24,25,26). The molecule has 0 spiro atoms. The van der Waals surface area contributed by atoms with Gasteiger partial charge in [-0.3, -0.25) is 0 Å². The number of nitrogens with one attached hydrogen (secondary N) is 2. The molecule has 0 atom stereocenters. The second-order valence-electron chi connectivity index (χ2n) is 6.15. The van der Waals surface area contributed by atoms with Crippen molar-refractivity contribution in [2.24, 2.45) is 0 Å². The first kappa shape index (κ1) is 19.0. The minimum atomic E-state index is 0.573. The Morgan fingerprint density at radius 1 is 0.963 bits per heavy atom. The highest BCUT2D eigenvalue weighted by atomic mass is 35.5. The van der Waals surface area contributed by atoms with Crippen molar-refractivity contribution in [1.29, 1.82) is 0 Å². The molecule has 140 valence electrons. The maximum absolute atomic E-state index is 6.20. The molecule has 2 N–H and O–H groups in total. The van der Waals surface area contributed by atoms with E-state index < -0.39 is 0 Å². The molecule has 3 aromatic rings. The molecule has 0 unspecified atom stereocenters. The number of aromatic nitrogens is 2. The van der Waals surface area contributed by atoms with Crippen LogP contribution < -0.4 is 15.4 Å². The zero-order valence-electron chi connectivity index (χ0n) is 15.5. The average Bonchev–Trinajstić information content (AvgIpc) is 2.67. The molecule has 27 heavy (non-hydrogen) atoms. The van der Waals surface area contributed by atoms with E-state index in [0.29, 0.717) is 12.5 Å². The molecule has 0 aliphatic rings. The third kappa shape index (κ3) is 5.34. The Kier molecular flexibility index (Phi) is 6.49. The topological polar surface area (TPSA) is 59.1 Å². The number of para-hydroxylation sites is 1. The van der Waals surface area contributed by atoms with Gasteiger partial charge in [0.1, 0.15) is 11.6 Å². The van der Waals surface area contributed by atoms with Gasteiger partial charge in [-0.05, 0) is 36.6 Å². The number of halogens is 1. The second-order valence-corrected chi connectivity index (χ2v) is 6.56. The van der Waals surface area contributed by atoms with E-state index in [1.54, 1.807) is 7.11 Å². The molecular formula is C21H23ClN4O. The van der Waals surface area contributed by atoms with E-state index in [4.69, 9.17) is 16.3 Å². The number of nitrogens with zero attached hydrogens (tertiary/aromatic N) is 2. The minimum absolute atomic E-state index is 0.573.